The second-order valence-electron chi connectivity index (χ2n) is 3.63. The fourth-order valence-electron chi connectivity index (χ4n) is 2.04. The highest BCUT2D eigenvalue weighted by Crippen LogP contribution is 2.35. The number of hydrogen-bond donors (Lipinski definition) is 2. The normalized spacial score (nSPS) is 18.7. The molecule has 2 aromatic rings. The number of anilines is 1. The monoisotopic (exact) mass is 198 g/mol. The minimum Gasteiger partial charge on any atom is -0.364 e. The molecule has 0 bridgehead atoms. The largest absolute Gasteiger partial charge is 0.364 e. The molecule has 3 heteroatoms. The lowest BCUT2D eigenvalue weighted by Crippen LogP contribution is -2.13. The molecule has 1 aliphatic rings. The Morgan fingerprint density at radius 1 is 1.07 bits per heavy atom. The molecular weight excluding hydrogens is 188 g/mol. The summed E-state index contributed by atoms with van der Waals surface area (Å²) in [6, 6.07) is 11.6. The number of nitrogens with one attached hydrogen (secondary N) is 2. The van der Waals surface area contributed by atoms with Crippen LogP contribution in [0.1, 0.15) is 17.2 Å². The molecular formula is C12H10N2O. The van der Waals surface area contributed by atoms with Crippen molar-refractivity contribution in [3.05, 3.63) is 53.9 Å². The average Bonchev–Trinajstić information content (AvgIpc) is 2.82. The molecule has 0 fully saturated rings. The van der Waals surface area contributed by atoms with E-state index in [9.17, 15) is 4.79 Å². The summed E-state index contributed by atoms with van der Waals surface area (Å²) >= 11 is 0. The van der Waals surface area contributed by atoms with Gasteiger partial charge < -0.3 is 10.3 Å². The van der Waals surface area contributed by atoms with Gasteiger partial charge in [-0.1, -0.05) is 18.2 Å². The number of carbonyl (C=O) groups is 1. The zero-order valence-electron chi connectivity index (χ0n) is 8.03. The van der Waals surface area contributed by atoms with Crippen LogP contribution in [0.4, 0.5) is 5.69 Å². The number of hydrogen-bond acceptors (Lipinski definition) is 1. The summed E-state index contributed by atoms with van der Waals surface area (Å²) in [4.78, 5) is 14.9. The van der Waals surface area contributed by atoms with E-state index in [1.54, 1.807) is 0 Å². The molecule has 1 aliphatic heterocycles. The van der Waals surface area contributed by atoms with E-state index >= 15 is 0 Å². The van der Waals surface area contributed by atoms with Crippen LogP contribution in [0.5, 0.6) is 0 Å². The van der Waals surface area contributed by atoms with Gasteiger partial charge in [-0.05, 0) is 23.8 Å². The SMILES string of the molecule is O=C1Nc2ccccc2C1c1ccc[nH]1. The molecule has 3 nitrogen and oxygen atoms in total. The highest BCUT2D eigenvalue weighted by atomic mass is 16.2. The fraction of sp³-hybridized carbons (Fsp3) is 0.0833. The zero-order chi connectivity index (χ0) is 10.3. The number of H-pyrrole nitrogens is 1. The number of fused-ring (bicyclic) bond motifs is 1. The van der Waals surface area contributed by atoms with Crippen molar-refractivity contribution in [3.63, 3.8) is 0 Å². The van der Waals surface area contributed by atoms with Crippen LogP contribution in [-0.2, 0) is 4.79 Å². The molecule has 1 amide bonds. The Morgan fingerprint density at radius 2 is 1.93 bits per heavy atom. The Morgan fingerprint density at radius 3 is 2.73 bits per heavy atom. The summed E-state index contributed by atoms with van der Waals surface area (Å²) < 4.78 is 0. The summed E-state index contributed by atoms with van der Waals surface area (Å²) in [5.41, 5.74) is 2.91. The lowest BCUT2D eigenvalue weighted by molar-refractivity contribution is -0.116. The standard InChI is InChI=1S/C12H10N2O/c15-12-11(10-6-3-7-13-10)8-4-1-2-5-9(8)14-12/h1-7,11,13H,(H,14,15). The first-order valence-corrected chi connectivity index (χ1v) is 4.89. The van der Waals surface area contributed by atoms with Gasteiger partial charge in [0.05, 0.1) is 0 Å². The summed E-state index contributed by atoms with van der Waals surface area (Å²) in [6.45, 7) is 0. The van der Waals surface area contributed by atoms with E-state index in [1.165, 1.54) is 0 Å². The molecule has 3 rings (SSSR count). The van der Waals surface area contributed by atoms with Crippen LogP contribution in [0, 0.1) is 0 Å². The molecule has 0 spiro atoms. The van der Waals surface area contributed by atoms with Crippen LogP contribution < -0.4 is 5.32 Å². The summed E-state index contributed by atoms with van der Waals surface area (Å²) in [6.07, 6.45) is 1.84. The summed E-state index contributed by atoms with van der Waals surface area (Å²) in [5.74, 6) is -0.144. The third kappa shape index (κ3) is 1.16. The fourth-order valence-corrected chi connectivity index (χ4v) is 2.04. The van der Waals surface area contributed by atoms with Crippen molar-refractivity contribution < 1.29 is 4.79 Å². The molecule has 1 unspecified atom stereocenters. The van der Waals surface area contributed by atoms with E-state index < -0.39 is 0 Å². The smallest absolute Gasteiger partial charge is 0.237 e. The third-order valence-electron chi connectivity index (χ3n) is 2.72. The van der Waals surface area contributed by atoms with Gasteiger partial charge in [-0.3, -0.25) is 4.79 Å². The lowest BCUT2D eigenvalue weighted by atomic mass is 9.98. The van der Waals surface area contributed by atoms with Crippen molar-refractivity contribution in [2.75, 3.05) is 5.32 Å². The molecule has 1 aromatic carbocycles. The Labute approximate surface area is 87.1 Å². The maximum atomic E-state index is 11.8. The van der Waals surface area contributed by atoms with Crippen molar-refractivity contribution in [1.29, 1.82) is 0 Å². The van der Waals surface area contributed by atoms with Crippen molar-refractivity contribution in [3.8, 4) is 0 Å². The highest BCUT2D eigenvalue weighted by molar-refractivity contribution is 6.04. The van der Waals surface area contributed by atoms with Gasteiger partial charge in [0.2, 0.25) is 5.91 Å². The van der Waals surface area contributed by atoms with Crippen LogP contribution in [0.2, 0.25) is 0 Å². The van der Waals surface area contributed by atoms with Crippen LogP contribution in [-0.4, -0.2) is 10.9 Å². The van der Waals surface area contributed by atoms with E-state index in [-0.39, 0.29) is 11.8 Å². The van der Waals surface area contributed by atoms with E-state index in [4.69, 9.17) is 0 Å². The Balaban J connectivity index is 2.14. The maximum absolute atomic E-state index is 11.8. The van der Waals surface area contributed by atoms with E-state index in [1.807, 2.05) is 42.6 Å². The average molecular weight is 198 g/mol. The molecule has 74 valence electrons. The second kappa shape index (κ2) is 2.98. The summed E-state index contributed by atoms with van der Waals surface area (Å²) in [7, 11) is 0. The minimum atomic E-state index is -0.184. The quantitative estimate of drug-likeness (QED) is 0.724. The number of aromatic nitrogens is 1. The second-order valence-corrected chi connectivity index (χ2v) is 3.63. The Hall–Kier alpha value is -2.03. The molecule has 15 heavy (non-hydrogen) atoms. The molecule has 0 aliphatic carbocycles. The zero-order valence-corrected chi connectivity index (χ0v) is 8.03. The van der Waals surface area contributed by atoms with E-state index in [0.29, 0.717) is 0 Å². The maximum Gasteiger partial charge on any atom is 0.237 e. The minimum absolute atomic E-state index is 0.0404. The summed E-state index contributed by atoms with van der Waals surface area (Å²) in [5, 5.41) is 2.88. The predicted octanol–water partition coefficient (Wildman–Crippen LogP) is 2.10. The molecule has 0 saturated carbocycles. The first-order valence-electron chi connectivity index (χ1n) is 4.89. The number of para-hydroxylation sites is 1. The molecule has 1 atom stereocenters. The Bertz CT molecular complexity index is 502. The van der Waals surface area contributed by atoms with Gasteiger partial charge in [-0.15, -0.1) is 0 Å². The number of rotatable bonds is 1. The van der Waals surface area contributed by atoms with E-state index in [0.717, 1.165) is 16.9 Å². The van der Waals surface area contributed by atoms with Gasteiger partial charge in [0, 0.05) is 17.6 Å². The van der Waals surface area contributed by atoms with Crippen LogP contribution in [0.3, 0.4) is 0 Å². The van der Waals surface area contributed by atoms with Gasteiger partial charge in [0.1, 0.15) is 5.92 Å². The topological polar surface area (TPSA) is 44.9 Å². The van der Waals surface area contributed by atoms with Gasteiger partial charge in [0.25, 0.3) is 0 Å². The number of carbonyl (C=O) groups excluding carboxylic acids is 1. The molecule has 0 radical (unpaired) electrons. The molecule has 0 saturated heterocycles. The van der Waals surface area contributed by atoms with Crippen molar-refractivity contribution in [1.82, 2.24) is 4.98 Å². The van der Waals surface area contributed by atoms with Gasteiger partial charge in [-0.2, -0.15) is 0 Å². The van der Waals surface area contributed by atoms with Crippen molar-refractivity contribution in [2.24, 2.45) is 0 Å². The first kappa shape index (κ1) is 8.29. The highest BCUT2D eigenvalue weighted by Gasteiger charge is 2.31. The number of amides is 1. The third-order valence-corrected chi connectivity index (χ3v) is 2.72. The van der Waals surface area contributed by atoms with Crippen molar-refractivity contribution in [2.45, 2.75) is 5.92 Å². The van der Waals surface area contributed by atoms with E-state index in [2.05, 4.69) is 10.3 Å². The Kier molecular flexibility index (Phi) is 1.65. The first-order chi connectivity index (χ1) is 7.36. The molecule has 2 N–H and O–H groups in total. The van der Waals surface area contributed by atoms with Crippen molar-refractivity contribution >= 4 is 11.6 Å². The number of benzene rings is 1. The van der Waals surface area contributed by atoms with Gasteiger partial charge in [0.15, 0.2) is 0 Å². The molecule has 1 aromatic heterocycles. The number of aromatic amines is 1. The van der Waals surface area contributed by atoms with Crippen LogP contribution >= 0.6 is 0 Å². The molecule has 2 heterocycles. The predicted molar refractivity (Wildman–Crippen MR) is 57.7 cm³/mol. The van der Waals surface area contributed by atoms with Crippen LogP contribution in [0.15, 0.2) is 42.6 Å². The van der Waals surface area contributed by atoms with Gasteiger partial charge >= 0.3 is 0 Å². The van der Waals surface area contributed by atoms with Gasteiger partial charge in [-0.25, -0.2) is 0 Å². The van der Waals surface area contributed by atoms with Crippen LogP contribution in [0.25, 0.3) is 0 Å². The lowest BCUT2D eigenvalue weighted by Gasteiger charge is -2.05.